The summed E-state index contributed by atoms with van der Waals surface area (Å²) in [6, 6.07) is 1.74. The van der Waals surface area contributed by atoms with Gasteiger partial charge in [-0.3, -0.25) is 15.1 Å². The van der Waals surface area contributed by atoms with E-state index in [0.717, 1.165) is 18.2 Å². The number of piperidine rings is 1. The summed E-state index contributed by atoms with van der Waals surface area (Å²) in [5.41, 5.74) is 2.57. The Morgan fingerprint density at radius 2 is 2.25 bits per heavy atom. The van der Waals surface area contributed by atoms with Crippen LogP contribution in [0.3, 0.4) is 0 Å². The summed E-state index contributed by atoms with van der Waals surface area (Å²) in [5, 5.41) is 0. The van der Waals surface area contributed by atoms with Gasteiger partial charge in [-0.2, -0.15) is 0 Å². The van der Waals surface area contributed by atoms with Gasteiger partial charge >= 0.3 is 0 Å². The molecule has 1 aliphatic rings. The summed E-state index contributed by atoms with van der Waals surface area (Å²) in [6.07, 6.45) is 3.95. The van der Waals surface area contributed by atoms with Gasteiger partial charge in [-0.15, -0.1) is 0 Å². The molecule has 20 heavy (non-hydrogen) atoms. The molecule has 3 N–H and O–H groups in total. The maximum absolute atomic E-state index is 11.3. The molecule has 0 aromatic carbocycles. The highest BCUT2D eigenvalue weighted by molar-refractivity contribution is 5.93. The lowest BCUT2D eigenvalue weighted by Gasteiger charge is -2.31. The van der Waals surface area contributed by atoms with Gasteiger partial charge in [-0.05, 0) is 52.0 Å². The molecule has 1 aromatic heterocycles. The number of carbonyl (C=O) groups is 1. The maximum Gasteiger partial charge on any atom is 0.268 e. The van der Waals surface area contributed by atoms with Gasteiger partial charge in [-0.1, -0.05) is 0 Å². The van der Waals surface area contributed by atoms with E-state index in [0.29, 0.717) is 12.1 Å². The third-order valence-corrected chi connectivity index (χ3v) is 3.88. The molecule has 1 aliphatic heterocycles. The zero-order chi connectivity index (χ0) is 14.5. The van der Waals surface area contributed by atoms with Gasteiger partial charge in [0.25, 0.3) is 5.91 Å². The molecule has 0 atom stereocenters. The van der Waals surface area contributed by atoms with Crippen molar-refractivity contribution in [3.8, 4) is 0 Å². The van der Waals surface area contributed by atoms with Crippen molar-refractivity contribution in [2.45, 2.75) is 19.4 Å². The van der Waals surface area contributed by atoms with Crippen LogP contribution in [0.25, 0.3) is 0 Å². The Morgan fingerprint density at radius 3 is 2.90 bits per heavy atom. The molecule has 1 saturated heterocycles. The van der Waals surface area contributed by atoms with Crippen molar-refractivity contribution >= 4 is 5.91 Å². The van der Waals surface area contributed by atoms with Crippen LogP contribution in [0.2, 0.25) is 0 Å². The third-order valence-electron chi connectivity index (χ3n) is 3.88. The molecule has 0 saturated carbocycles. The molecule has 1 aromatic rings. The van der Waals surface area contributed by atoms with E-state index in [1.807, 2.05) is 0 Å². The highest BCUT2D eigenvalue weighted by Gasteiger charge is 2.19. The van der Waals surface area contributed by atoms with Gasteiger partial charge in [0.15, 0.2) is 0 Å². The van der Waals surface area contributed by atoms with Crippen LogP contribution >= 0.6 is 0 Å². The number of carbonyl (C=O) groups excluding carboxylic acids is 1. The van der Waals surface area contributed by atoms with Crippen LogP contribution in [0, 0.1) is 5.92 Å². The van der Waals surface area contributed by atoms with E-state index in [9.17, 15) is 4.79 Å². The van der Waals surface area contributed by atoms with Crippen molar-refractivity contribution in [3.63, 3.8) is 0 Å². The largest absolute Gasteiger partial charge is 0.467 e. The van der Waals surface area contributed by atoms with Crippen LogP contribution in [0.5, 0.6) is 0 Å². The van der Waals surface area contributed by atoms with E-state index in [4.69, 9.17) is 10.3 Å². The number of nitrogens with one attached hydrogen (secondary N) is 1. The maximum atomic E-state index is 11.3. The van der Waals surface area contributed by atoms with Crippen molar-refractivity contribution in [3.05, 3.63) is 23.7 Å². The molecule has 1 amide bonds. The molecule has 112 valence electrons. The first-order valence-electron chi connectivity index (χ1n) is 7.04. The van der Waals surface area contributed by atoms with Crippen LogP contribution in [0.1, 0.15) is 29.0 Å². The highest BCUT2D eigenvalue weighted by Crippen LogP contribution is 2.18. The van der Waals surface area contributed by atoms with Gasteiger partial charge in [0.05, 0.1) is 12.1 Å². The SMILES string of the molecule is CN1CCC(CN(C)Cc2cc(C(=O)NN)co2)CC1. The quantitative estimate of drug-likeness (QED) is 0.471. The molecule has 0 bridgehead atoms. The average Bonchev–Trinajstić information content (AvgIpc) is 2.89. The van der Waals surface area contributed by atoms with Gasteiger partial charge < -0.3 is 9.32 Å². The Kier molecular flexibility index (Phi) is 5.17. The van der Waals surface area contributed by atoms with Crippen LogP contribution < -0.4 is 11.3 Å². The van der Waals surface area contributed by atoms with Gasteiger partial charge in [0.2, 0.25) is 0 Å². The molecule has 2 rings (SSSR count). The first-order valence-corrected chi connectivity index (χ1v) is 7.04. The molecule has 0 spiro atoms. The number of nitrogen functional groups attached to an aromatic ring is 1. The number of nitrogens with two attached hydrogens (primary N) is 1. The number of amides is 1. The Labute approximate surface area is 119 Å². The van der Waals surface area contributed by atoms with Crippen molar-refractivity contribution < 1.29 is 9.21 Å². The normalized spacial score (nSPS) is 17.6. The Bertz CT molecular complexity index is 438. The van der Waals surface area contributed by atoms with Gasteiger partial charge in [0, 0.05) is 6.54 Å². The van der Waals surface area contributed by atoms with Crippen LogP contribution in [-0.2, 0) is 6.54 Å². The van der Waals surface area contributed by atoms with Crippen LogP contribution in [-0.4, -0.2) is 49.4 Å². The van der Waals surface area contributed by atoms with E-state index in [-0.39, 0.29) is 5.91 Å². The second kappa shape index (κ2) is 6.88. The minimum atomic E-state index is -0.321. The predicted octanol–water partition coefficient (Wildman–Crippen LogP) is 0.657. The Morgan fingerprint density at radius 1 is 1.55 bits per heavy atom. The lowest BCUT2D eigenvalue weighted by Crippen LogP contribution is -2.35. The summed E-state index contributed by atoms with van der Waals surface area (Å²) in [4.78, 5) is 16.0. The topological polar surface area (TPSA) is 74.7 Å². The summed E-state index contributed by atoms with van der Waals surface area (Å²) < 4.78 is 5.40. The molecule has 0 aliphatic carbocycles. The number of rotatable bonds is 5. The molecule has 0 radical (unpaired) electrons. The minimum Gasteiger partial charge on any atom is -0.467 e. The second-order valence-corrected chi connectivity index (χ2v) is 5.72. The van der Waals surface area contributed by atoms with Crippen LogP contribution in [0.4, 0.5) is 0 Å². The number of hydrogen-bond acceptors (Lipinski definition) is 5. The summed E-state index contributed by atoms with van der Waals surface area (Å²) in [5.74, 6) is 6.31. The van der Waals surface area contributed by atoms with Gasteiger partial charge in [0.1, 0.15) is 12.0 Å². The third kappa shape index (κ3) is 4.06. The number of hydrogen-bond donors (Lipinski definition) is 2. The molecule has 0 unspecified atom stereocenters. The Hall–Kier alpha value is -1.37. The number of nitrogens with zero attached hydrogens (tertiary/aromatic N) is 2. The van der Waals surface area contributed by atoms with Gasteiger partial charge in [-0.25, -0.2) is 5.84 Å². The summed E-state index contributed by atoms with van der Waals surface area (Å²) in [7, 11) is 4.26. The molecular formula is C14H24N4O2. The van der Waals surface area contributed by atoms with Crippen molar-refractivity contribution in [1.82, 2.24) is 15.2 Å². The Balaban J connectivity index is 1.80. The second-order valence-electron chi connectivity index (χ2n) is 5.72. The molecule has 2 heterocycles. The molecule has 6 nitrogen and oxygen atoms in total. The van der Waals surface area contributed by atoms with Crippen molar-refractivity contribution in [1.29, 1.82) is 0 Å². The average molecular weight is 280 g/mol. The van der Waals surface area contributed by atoms with E-state index in [1.165, 1.54) is 32.2 Å². The van der Waals surface area contributed by atoms with Crippen molar-refractivity contribution in [2.24, 2.45) is 11.8 Å². The molecule has 1 fully saturated rings. The smallest absolute Gasteiger partial charge is 0.268 e. The molecular weight excluding hydrogens is 256 g/mol. The lowest BCUT2D eigenvalue weighted by molar-refractivity contribution is 0.0953. The highest BCUT2D eigenvalue weighted by atomic mass is 16.3. The summed E-state index contributed by atoms with van der Waals surface area (Å²) >= 11 is 0. The fraction of sp³-hybridized carbons (Fsp3) is 0.643. The van der Waals surface area contributed by atoms with Crippen molar-refractivity contribution in [2.75, 3.05) is 33.7 Å². The fourth-order valence-electron chi connectivity index (χ4n) is 2.68. The predicted molar refractivity (Wildman–Crippen MR) is 76.9 cm³/mol. The lowest BCUT2D eigenvalue weighted by atomic mass is 9.97. The zero-order valence-corrected chi connectivity index (χ0v) is 12.3. The van der Waals surface area contributed by atoms with E-state index in [1.54, 1.807) is 6.07 Å². The van der Waals surface area contributed by atoms with E-state index in [2.05, 4.69) is 29.3 Å². The fourth-order valence-corrected chi connectivity index (χ4v) is 2.68. The number of hydrazine groups is 1. The van der Waals surface area contributed by atoms with E-state index < -0.39 is 0 Å². The number of furan rings is 1. The first kappa shape index (κ1) is 15.0. The monoisotopic (exact) mass is 280 g/mol. The first-order chi connectivity index (χ1) is 9.58. The van der Waals surface area contributed by atoms with E-state index >= 15 is 0 Å². The minimum absolute atomic E-state index is 0.321. The molecule has 6 heteroatoms. The standard InChI is InChI=1S/C14H24N4O2/c1-17-5-3-11(4-6-17)8-18(2)9-13-7-12(10-20-13)14(19)16-15/h7,10-11H,3-6,8-9,15H2,1-2H3,(H,16,19). The zero-order valence-electron chi connectivity index (χ0n) is 12.3. The summed E-state index contributed by atoms with van der Waals surface area (Å²) in [6.45, 7) is 4.14. The van der Waals surface area contributed by atoms with Crippen LogP contribution in [0.15, 0.2) is 16.7 Å². The number of likely N-dealkylation sites (tertiary alicyclic amines) is 1.